The second kappa shape index (κ2) is 6.38. The number of halogens is 1. The molecular weight excluding hydrogens is 128 g/mol. The van der Waals surface area contributed by atoms with Crippen molar-refractivity contribution in [2.24, 2.45) is 0 Å². The van der Waals surface area contributed by atoms with Gasteiger partial charge in [0.25, 0.3) is 0 Å². The zero-order chi connectivity index (χ0) is 5.54. The Bertz CT molecular complexity index is 52.0. The molecule has 0 saturated heterocycles. The van der Waals surface area contributed by atoms with Gasteiger partial charge >= 0.3 is 0 Å². The van der Waals surface area contributed by atoms with E-state index in [0.29, 0.717) is 5.88 Å². The predicted octanol–water partition coefficient (Wildman–Crippen LogP) is 2.10. The SMILES string of the molecule is SCCC=CCCl. The molecule has 0 rings (SSSR count). The highest BCUT2D eigenvalue weighted by Gasteiger charge is 1.69. The molecule has 0 fully saturated rings. The van der Waals surface area contributed by atoms with E-state index in [1.165, 1.54) is 0 Å². The van der Waals surface area contributed by atoms with E-state index in [1.807, 2.05) is 12.2 Å². The summed E-state index contributed by atoms with van der Waals surface area (Å²) in [4.78, 5) is 0. The molecule has 0 heterocycles. The van der Waals surface area contributed by atoms with Crippen molar-refractivity contribution in [2.45, 2.75) is 6.42 Å². The minimum atomic E-state index is 0.619. The van der Waals surface area contributed by atoms with Gasteiger partial charge < -0.3 is 0 Å². The number of alkyl halides is 1. The van der Waals surface area contributed by atoms with Gasteiger partial charge in [-0.15, -0.1) is 11.6 Å². The van der Waals surface area contributed by atoms with Gasteiger partial charge in [0.15, 0.2) is 0 Å². The first-order valence-electron chi connectivity index (χ1n) is 2.23. The lowest BCUT2D eigenvalue weighted by molar-refractivity contribution is 1.25. The minimum absolute atomic E-state index is 0.619. The maximum absolute atomic E-state index is 5.33. The highest BCUT2D eigenvalue weighted by Crippen LogP contribution is 1.86. The van der Waals surface area contributed by atoms with Gasteiger partial charge in [0, 0.05) is 5.88 Å². The van der Waals surface area contributed by atoms with Gasteiger partial charge in [-0.05, 0) is 12.2 Å². The summed E-state index contributed by atoms with van der Waals surface area (Å²) in [6, 6.07) is 0. The van der Waals surface area contributed by atoms with E-state index in [1.54, 1.807) is 0 Å². The summed E-state index contributed by atoms with van der Waals surface area (Å²) < 4.78 is 0. The van der Waals surface area contributed by atoms with Crippen LogP contribution in [-0.2, 0) is 0 Å². The molecule has 0 spiro atoms. The first-order chi connectivity index (χ1) is 3.41. The Morgan fingerprint density at radius 2 is 2.14 bits per heavy atom. The number of hydrogen-bond donors (Lipinski definition) is 1. The fourth-order valence-electron chi connectivity index (χ4n) is 0.255. The van der Waals surface area contributed by atoms with Crippen molar-refractivity contribution in [3.63, 3.8) is 0 Å². The largest absolute Gasteiger partial charge is 0.179 e. The maximum Gasteiger partial charge on any atom is 0.0404 e. The molecule has 0 atom stereocenters. The van der Waals surface area contributed by atoms with Crippen LogP contribution in [-0.4, -0.2) is 11.6 Å². The summed E-state index contributed by atoms with van der Waals surface area (Å²) in [5, 5.41) is 0. The fraction of sp³-hybridized carbons (Fsp3) is 0.600. The Balaban J connectivity index is 2.78. The summed E-state index contributed by atoms with van der Waals surface area (Å²) in [6.45, 7) is 0. The summed E-state index contributed by atoms with van der Waals surface area (Å²) in [5.74, 6) is 1.53. The van der Waals surface area contributed by atoms with Crippen molar-refractivity contribution in [3.05, 3.63) is 12.2 Å². The molecule has 0 unspecified atom stereocenters. The second-order valence-corrected chi connectivity index (χ2v) is 1.89. The van der Waals surface area contributed by atoms with Gasteiger partial charge in [0.2, 0.25) is 0 Å². The lowest BCUT2D eigenvalue weighted by atomic mass is 10.4. The van der Waals surface area contributed by atoms with Crippen LogP contribution in [0.4, 0.5) is 0 Å². The first kappa shape index (κ1) is 7.38. The van der Waals surface area contributed by atoms with Gasteiger partial charge in [-0.1, -0.05) is 12.2 Å². The van der Waals surface area contributed by atoms with E-state index < -0.39 is 0 Å². The molecule has 0 aliphatic rings. The summed E-state index contributed by atoms with van der Waals surface area (Å²) in [5.41, 5.74) is 0. The minimum Gasteiger partial charge on any atom is -0.179 e. The van der Waals surface area contributed by atoms with E-state index in [2.05, 4.69) is 12.6 Å². The van der Waals surface area contributed by atoms with Crippen LogP contribution >= 0.6 is 24.2 Å². The number of rotatable bonds is 3. The molecule has 0 bridgehead atoms. The molecule has 0 aromatic rings. The van der Waals surface area contributed by atoms with E-state index >= 15 is 0 Å². The van der Waals surface area contributed by atoms with Gasteiger partial charge in [-0.3, -0.25) is 0 Å². The summed E-state index contributed by atoms with van der Waals surface area (Å²) in [6.07, 6.45) is 4.98. The Labute approximate surface area is 55.0 Å². The third-order valence-corrected chi connectivity index (χ3v) is 0.988. The summed E-state index contributed by atoms with van der Waals surface area (Å²) in [7, 11) is 0. The van der Waals surface area contributed by atoms with Gasteiger partial charge in [0.05, 0.1) is 0 Å². The standard InChI is InChI=1S/C5H9ClS/c6-4-2-1-3-5-7/h1-2,7H,3-5H2. The molecule has 0 N–H and O–H groups in total. The van der Waals surface area contributed by atoms with Crippen molar-refractivity contribution in [3.8, 4) is 0 Å². The van der Waals surface area contributed by atoms with E-state index in [0.717, 1.165) is 12.2 Å². The topological polar surface area (TPSA) is 0 Å². The molecule has 0 radical (unpaired) electrons. The van der Waals surface area contributed by atoms with Gasteiger partial charge in [0.1, 0.15) is 0 Å². The zero-order valence-corrected chi connectivity index (χ0v) is 5.75. The number of hydrogen-bond acceptors (Lipinski definition) is 1. The molecule has 0 aromatic heterocycles. The van der Waals surface area contributed by atoms with Crippen LogP contribution in [0.5, 0.6) is 0 Å². The fourth-order valence-corrected chi connectivity index (χ4v) is 0.530. The molecule has 0 amide bonds. The second-order valence-electron chi connectivity index (χ2n) is 1.14. The lowest BCUT2D eigenvalue weighted by Gasteiger charge is -1.78. The quantitative estimate of drug-likeness (QED) is 0.343. The highest BCUT2D eigenvalue weighted by atomic mass is 35.5. The Morgan fingerprint density at radius 3 is 2.57 bits per heavy atom. The van der Waals surface area contributed by atoms with E-state index in [-0.39, 0.29) is 0 Å². The van der Waals surface area contributed by atoms with Crippen LogP contribution in [0.3, 0.4) is 0 Å². The van der Waals surface area contributed by atoms with Crippen LogP contribution in [0.25, 0.3) is 0 Å². The van der Waals surface area contributed by atoms with Gasteiger partial charge in [-0.2, -0.15) is 12.6 Å². The van der Waals surface area contributed by atoms with Crippen LogP contribution in [0, 0.1) is 0 Å². The highest BCUT2D eigenvalue weighted by molar-refractivity contribution is 7.80. The third kappa shape index (κ3) is 6.38. The Kier molecular flexibility index (Phi) is 6.73. The molecule has 0 aromatic carbocycles. The summed E-state index contributed by atoms with van der Waals surface area (Å²) >= 11 is 9.32. The van der Waals surface area contributed by atoms with Crippen molar-refractivity contribution in [1.29, 1.82) is 0 Å². The normalized spacial score (nSPS) is 10.6. The monoisotopic (exact) mass is 136 g/mol. The molecule has 0 nitrogen and oxygen atoms in total. The van der Waals surface area contributed by atoms with Crippen LogP contribution < -0.4 is 0 Å². The zero-order valence-electron chi connectivity index (χ0n) is 4.10. The van der Waals surface area contributed by atoms with Crippen LogP contribution in [0.2, 0.25) is 0 Å². The molecule has 0 aliphatic heterocycles. The molecular formula is C5H9ClS. The Hall–Kier alpha value is 0.380. The first-order valence-corrected chi connectivity index (χ1v) is 3.40. The molecule has 0 saturated carbocycles. The van der Waals surface area contributed by atoms with Crippen molar-refractivity contribution in [1.82, 2.24) is 0 Å². The van der Waals surface area contributed by atoms with E-state index in [9.17, 15) is 0 Å². The maximum atomic E-state index is 5.33. The lowest BCUT2D eigenvalue weighted by Crippen LogP contribution is -1.66. The third-order valence-electron chi connectivity index (χ3n) is 0.552. The Morgan fingerprint density at radius 1 is 1.43 bits per heavy atom. The molecule has 42 valence electrons. The van der Waals surface area contributed by atoms with Crippen molar-refractivity contribution < 1.29 is 0 Å². The molecule has 2 heteroatoms. The van der Waals surface area contributed by atoms with Crippen molar-refractivity contribution in [2.75, 3.05) is 11.6 Å². The average Bonchev–Trinajstić information content (AvgIpc) is 1.69. The smallest absolute Gasteiger partial charge is 0.0404 e. The average molecular weight is 137 g/mol. The molecule has 0 aliphatic carbocycles. The van der Waals surface area contributed by atoms with Crippen molar-refractivity contribution >= 4 is 24.2 Å². The van der Waals surface area contributed by atoms with Crippen LogP contribution in [0.15, 0.2) is 12.2 Å². The molecule has 7 heavy (non-hydrogen) atoms. The van der Waals surface area contributed by atoms with E-state index in [4.69, 9.17) is 11.6 Å². The van der Waals surface area contributed by atoms with Crippen LogP contribution in [0.1, 0.15) is 6.42 Å². The predicted molar refractivity (Wildman–Crippen MR) is 38.3 cm³/mol. The number of allylic oxidation sites excluding steroid dienone is 2. The van der Waals surface area contributed by atoms with Gasteiger partial charge in [-0.25, -0.2) is 0 Å². The number of thiol groups is 1.